The van der Waals surface area contributed by atoms with Gasteiger partial charge in [-0.2, -0.15) is 0 Å². The van der Waals surface area contributed by atoms with Gasteiger partial charge in [0.05, 0.1) is 0 Å². The predicted molar refractivity (Wildman–Crippen MR) is 56.0 cm³/mol. The lowest BCUT2D eigenvalue weighted by Gasteiger charge is -1.96. The summed E-state index contributed by atoms with van der Waals surface area (Å²) in [5.41, 5.74) is 0. The maximum Gasteiger partial charge on any atom is 0.304 e. The molecular weight excluding hydrogens is 170 g/mol. The van der Waals surface area contributed by atoms with Gasteiger partial charge < -0.3 is 14.2 Å². The zero-order chi connectivity index (χ0) is 9.66. The van der Waals surface area contributed by atoms with Crippen LogP contribution in [0.1, 0.15) is 27.7 Å². The molecule has 1 N–H and O–H groups in total. The maximum atomic E-state index is 4.99. The average molecular weight is 193 g/mol. The van der Waals surface area contributed by atoms with Crippen molar-refractivity contribution in [2.75, 3.05) is 26.3 Å². The summed E-state index contributed by atoms with van der Waals surface area (Å²) in [5, 5.41) is 3.11. The third-order valence-corrected chi connectivity index (χ3v) is 2.22. The van der Waals surface area contributed by atoms with Crippen LogP contribution in [0.25, 0.3) is 0 Å². The second kappa shape index (κ2) is 17.3. The Morgan fingerprint density at radius 2 is 1.33 bits per heavy atom. The minimum absolute atomic E-state index is 0.589. The van der Waals surface area contributed by atoms with Crippen LogP contribution in [-0.2, 0) is 8.85 Å². The molecule has 76 valence electrons. The van der Waals surface area contributed by atoms with Crippen LogP contribution in [0, 0.1) is 0 Å². The lowest BCUT2D eigenvalue weighted by molar-refractivity contribution is 0.240. The molecular formula is C8H23NO2Si. The van der Waals surface area contributed by atoms with Crippen molar-refractivity contribution in [2.24, 2.45) is 0 Å². The molecule has 0 aromatic rings. The number of hydrogen-bond donors (Lipinski definition) is 1. The molecule has 0 radical (unpaired) electrons. The molecule has 0 bridgehead atoms. The first-order chi connectivity index (χ1) is 5.83. The second-order valence-corrected chi connectivity index (χ2v) is 3.11. The summed E-state index contributed by atoms with van der Waals surface area (Å²) in [5.74, 6) is 0. The molecule has 0 saturated carbocycles. The monoisotopic (exact) mass is 193 g/mol. The van der Waals surface area contributed by atoms with Crippen molar-refractivity contribution >= 4 is 10.0 Å². The van der Waals surface area contributed by atoms with Gasteiger partial charge in [-0.25, -0.2) is 0 Å². The Morgan fingerprint density at radius 1 is 0.917 bits per heavy atom. The van der Waals surface area contributed by atoms with Crippen molar-refractivity contribution in [3.63, 3.8) is 0 Å². The zero-order valence-corrected chi connectivity index (χ0v) is 10.3. The fourth-order valence-electron chi connectivity index (χ4n) is 0.476. The minimum Gasteiger partial charge on any atom is -0.399 e. The first kappa shape index (κ1) is 14.6. The van der Waals surface area contributed by atoms with Gasteiger partial charge in [0.15, 0.2) is 0 Å². The summed E-state index contributed by atoms with van der Waals surface area (Å²) in [6.07, 6.45) is 0. The van der Waals surface area contributed by atoms with Gasteiger partial charge in [-0.3, -0.25) is 0 Å². The molecule has 0 atom stereocenters. The quantitative estimate of drug-likeness (QED) is 0.497. The molecule has 0 spiro atoms. The van der Waals surface area contributed by atoms with Crippen LogP contribution in [0.15, 0.2) is 0 Å². The highest BCUT2D eigenvalue weighted by atomic mass is 28.3. The Morgan fingerprint density at radius 3 is 1.50 bits per heavy atom. The molecule has 3 nitrogen and oxygen atoms in total. The van der Waals surface area contributed by atoms with Crippen LogP contribution in [-0.4, -0.2) is 36.3 Å². The van der Waals surface area contributed by atoms with Gasteiger partial charge in [-0.15, -0.1) is 0 Å². The fraction of sp³-hybridized carbons (Fsp3) is 1.00. The Bertz CT molecular complexity index is 59.0. The van der Waals surface area contributed by atoms with Gasteiger partial charge in [0, 0.05) is 13.2 Å². The van der Waals surface area contributed by atoms with E-state index in [4.69, 9.17) is 8.85 Å². The SMILES string of the molecule is CCNCC.CCO[SiH2]OCC. The Balaban J connectivity index is 0. The van der Waals surface area contributed by atoms with E-state index in [1.165, 1.54) is 0 Å². The Hall–Kier alpha value is 0.0969. The van der Waals surface area contributed by atoms with Crippen molar-refractivity contribution in [3.8, 4) is 0 Å². The van der Waals surface area contributed by atoms with Crippen LogP contribution < -0.4 is 5.32 Å². The van der Waals surface area contributed by atoms with Crippen LogP contribution in [0.4, 0.5) is 0 Å². The topological polar surface area (TPSA) is 30.5 Å². The van der Waals surface area contributed by atoms with Crippen LogP contribution >= 0.6 is 0 Å². The molecule has 0 aromatic carbocycles. The predicted octanol–water partition coefficient (Wildman–Crippen LogP) is 0.674. The third kappa shape index (κ3) is 22.5. The van der Waals surface area contributed by atoms with Gasteiger partial charge in [-0.1, -0.05) is 13.8 Å². The van der Waals surface area contributed by atoms with E-state index >= 15 is 0 Å². The van der Waals surface area contributed by atoms with Crippen molar-refractivity contribution in [1.82, 2.24) is 5.32 Å². The highest BCUT2D eigenvalue weighted by molar-refractivity contribution is 6.17. The number of nitrogens with one attached hydrogen (secondary N) is 1. The average Bonchev–Trinajstić information content (AvgIpc) is 2.08. The standard InChI is InChI=1S/C4H11N.C4H12O2Si/c1-3-5-4-2;1-3-5-7-6-4-2/h5H,3-4H2,1-2H3;3-4,7H2,1-2H3. The maximum absolute atomic E-state index is 4.99. The summed E-state index contributed by atoms with van der Waals surface area (Å²) in [4.78, 5) is 0. The highest BCUT2D eigenvalue weighted by Crippen LogP contribution is 1.70. The van der Waals surface area contributed by atoms with Gasteiger partial charge in [0.1, 0.15) is 0 Å². The van der Waals surface area contributed by atoms with E-state index in [0.717, 1.165) is 26.3 Å². The van der Waals surface area contributed by atoms with E-state index < -0.39 is 10.0 Å². The molecule has 12 heavy (non-hydrogen) atoms. The lowest BCUT2D eigenvalue weighted by atomic mass is 10.7. The van der Waals surface area contributed by atoms with Crippen molar-refractivity contribution < 1.29 is 8.85 Å². The summed E-state index contributed by atoms with van der Waals surface area (Å²) in [7, 11) is -0.589. The van der Waals surface area contributed by atoms with E-state index in [9.17, 15) is 0 Å². The normalized spacial score (nSPS) is 9.00. The third-order valence-electron chi connectivity index (χ3n) is 1.07. The molecule has 0 aliphatic rings. The fourth-order valence-corrected chi connectivity index (χ4v) is 0.927. The van der Waals surface area contributed by atoms with Gasteiger partial charge in [0.25, 0.3) is 0 Å². The zero-order valence-electron chi connectivity index (χ0n) is 8.85. The van der Waals surface area contributed by atoms with Gasteiger partial charge in [0.2, 0.25) is 0 Å². The molecule has 0 fully saturated rings. The van der Waals surface area contributed by atoms with E-state index in [0.29, 0.717) is 0 Å². The number of hydrogen-bond acceptors (Lipinski definition) is 3. The first-order valence-corrected chi connectivity index (χ1v) is 5.84. The Labute approximate surface area is 78.9 Å². The Kier molecular flexibility index (Phi) is 21.0. The van der Waals surface area contributed by atoms with Crippen LogP contribution in [0.2, 0.25) is 0 Å². The van der Waals surface area contributed by atoms with E-state index in [1.807, 2.05) is 13.8 Å². The molecule has 4 heteroatoms. The minimum atomic E-state index is -0.589. The van der Waals surface area contributed by atoms with Crippen LogP contribution in [0.5, 0.6) is 0 Å². The van der Waals surface area contributed by atoms with E-state index in [2.05, 4.69) is 19.2 Å². The molecule has 0 saturated heterocycles. The van der Waals surface area contributed by atoms with Crippen molar-refractivity contribution in [3.05, 3.63) is 0 Å². The molecule has 0 heterocycles. The van der Waals surface area contributed by atoms with Crippen molar-refractivity contribution in [2.45, 2.75) is 27.7 Å². The smallest absolute Gasteiger partial charge is 0.304 e. The summed E-state index contributed by atoms with van der Waals surface area (Å²) in [6.45, 7) is 11.9. The largest absolute Gasteiger partial charge is 0.399 e. The summed E-state index contributed by atoms with van der Waals surface area (Å²) in [6, 6.07) is 0. The lowest BCUT2D eigenvalue weighted by Crippen LogP contribution is -2.09. The molecule has 0 amide bonds. The summed E-state index contributed by atoms with van der Waals surface area (Å²) < 4.78 is 9.98. The molecule has 0 aliphatic heterocycles. The molecule has 0 unspecified atom stereocenters. The van der Waals surface area contributed by atoms with Gasteiger partial charge in [-0.05, 0) is 26.9 Å². The molecule has 0 rings (SSSR count). The van der Waals surface area contributed by atoms with Crippen LogP contribution in [0.3, 0.4) is 0 Å². The molecule has 0 aromatic heterocycles. The first-order valence-electron chi connectivity index (χ1n) is 4.69. The highest BCUT2D eigenvalue weighted by Gasteiger charge is 1.79. The van der Waals surface area contributed by atoms with Gasteiger partial charge >= 0.3 is 10.0 Å². The van der Waals surface area contributed by atoms with E-state index in [-0.39, 0.29) is 0 Å². The molecule has 0 aliphatic carbocycles. The number of rotatable bonds is 6. The van der Waals surface area contributed by atoms with Crippen molar-refractivity contribution in [1.29, 1.82) is 0 Å². The van der Waals surface area contributed by atoms with E-state index in [1.54, 1.807) is 0 Å². The second-order valence-electron chi connectivity index (χ2n) is 2.06. The summed E-state index contributed by atoms with van der Waals surface area (Å²) >= 11 is 0.